The van der Waals surface area contributed by atoms with Gasteiger partial charge in [-0.1, -0.05) is 6.42 Å². The van der Waals surface area contributed by atoms with E-state index in [1.54, 1.807) is 6.07 Å². The molecular formula is C17H16N2O2S. The summed E-state index contributed by atoms with van der Waals surface area (Å²) in [6.07, 6.45) is 5.49. The van der Waals surface area contributed by atoms with Crippen molar-refractivity contribution in [2.75, 3.05) is 0 Å². The van der Waals surface area contributed by atoms with Crippen molar-refractivity contribution in [2.45, 2.75) is 32.1 Å². The van der Waals surface area contributed by atoms with E-state index >= 15 is 0 Å². The van der Waals surface area contributed by atoms with Gasteiger partial charge in [0.05, 0.1) is 11.3 Å². The van der Waals surface area contributed by atoms with Crippen molar-refractivity contribution in [1.29, 1.82) is 5.26 Å². The van der Waals surface area contributed by atoms with E-state index in [1.165, 1.54) is 35.5 Å². The summed E-state index contributed by atoms with van der Waals surface area (Å²) >= 11 is 1.45. The summed E-state index contributed by atoms with van der Waals surface area (Å²) in [6, 6.07) is 6.93. The number of nitriles is 1. The molecule has 0 bridgehead atoms. The van der Waals surface area contributed by atoms with Crippen LogP contribution in [0.2, 0.25) is 0 Å². The molecule has 1 heterocycles. The molecule has 22 heavy (non-hydrogen) atoms. The highest BCUT2D eigenvalue weighted by Gasteiger charge is 2.16. The van der Waals surface area contributed by atoms with Crippen molar-refractivity contribution in [3.63, 3.8) is 0 Å². The van der Waals surface area contributed by atoms with Crippen LogP contribution in [0.5, 0.6) is 11.5 Å². The second-order valence-corrected chi connectivity index (χ2v) is 6.25. The molecule has 0 saturated heterocycles. The van der Waals surface area contributed by atoms with Gasteiger partial charge in [-0.15, -0.1) is 11.3 Å². The van der Waals surface area contributed by atoms with Gasteiger partial charge in [0.2, 0.25) is 0 Å². The molecule has 0 radical (unpaired) electrons. The Bertz CT molecular complexity index is 763. The zero-order valence-corrected chi connectivity index (χ0v) is 12.9. The second-order valence-electron chi connectivity index (χ2n) is 5.39. The van der Waals surface area contributed by atoms with Crippen molar-refractivity contribution in [1.82, 2.24) is 4.98 Å². The van der Waals surface area contributed by atoms with Gasteiger partial charge >= 0.3 is 0 Å². The maximum Gasteiger partial charge on any atom is 0.158 e. The number of allylic oxidation sites excluding steroid dienone is 2. The molecule has 1 aromatic heterocycles. The Morgan fingerprint density at radius 1 is 1.14 bits per heavy atom. The van der Waals surface area contributed by atoms with Crippen LogP contribution in [-0.4, -0.2) is 15.2 Å². The minimum atomic E-state index is -0.168. The van der Waals surface area contributed by atoms with Crippen LogP contribution in [0.3, 0.4) is 0 Å². The van der Waals surface area contributed by atoms with E-state index in [-0.39, 0.29) is 11.5 Å². The molecule has 1 aromatic carbocycles. The fourth-order valence-corrected chi connectivity index (χ4v) is 3.58. The lowest BCUT2D eigenvalue weighted by atomic mass is 9.91. The molecule has 1 fully saturated rings. The molecule has 4 nitrogen and oxygen atoms in total. The van der Waals surface area contributed by atoms with E-state index in [0.29, 0.717) is 11.3 Å². The number of aromatic hydroxyl groups is 2. The number of rotatable bonds is 2. The number of nitrogens with zero attached hydrogens (tertiary/aromatic N) is 2. The molecule has 0 spiro atoms. The Hall–Kier alpha value is -2.32. The fraction of sp³-hybridized carbons (Fsp3) is 0.294. The maximum atomic E-state index is 9.59. The SMILES string of the molecule is N#CC(=C1CCCCC1)c1nc(-c2ccc(O)c(O)c2)cs1. The molecule has 1 aliphatic carbocycles. The second kappa shape index (κ2) is 6.20. The van der Waals surface area contributed by atoms with E-state index in [1.807, 2.05) is 5.38 Å². The Kier molecular flexibility index (Phi) is 4.12. The first-order chi connectivity index (χ1) is 10.7. The monoisotopic (exact) mass is 312 g/mol. The predicted octanol–water partition coefficient (Wildman–Crippen LogP) is 4.46. The van der Waals surface area contributed by atoms with Gasteiger partial charge in [-0.2, -0.15) is 5.26 Å². The van der Waals surface area contributed by atoms with Gasteiger partial charge < -0.3 is 10.2 Å². The maximum absolute atomic E-state index is 9.59. The summed E-state index contributed by atoms with van der Waals surface area (Å²) in [7, 11) is 0. The Morgan fingerprint density at radius 2 is 1.91 bits per heavy atom. The van der Waals surface area contributed by atoms with Crippen molar-refractivity contribution >= 4 is 16.9 Å². The first-order valence-electron chi connectivity index (χ1n) is 7.29. The van der Waals surface area contributed by atoms with Gasteiger partial charge in [-0.05, 0) is 49.5 Å². The van der Waals surface area contributed by atoms with E-state index in [0.717, 1.165) is 36.3 Å². The molecule has 2 aromatic rings. The standard InChI is InChI=1S/C17H16N2O2S/c18-9-13(11-4-2-1-3-5-11)17-19-14(10-22-17)12-6-7-15(20)16(21)8-12/h6-8,10,20-21H,1-5H2. The lowest BCUT2D eigenvalue weighted by Crippen LogP contribution is -1.97. The van der Waals surface area contributed by atoms with Crippen LogP contribution in [0.1, 0.15) is 37.1 Å². The Balaban J connectivity index is 1.96. The van der Waals surface area contributed by atoms with Crippen molar-refractivity contribution in [3.8, 4) is 28.8 Å². The number of phenolic OH excluding ortho intramolecular Hbond substituents is 2. The Labute approximate surface area is 133 Å². The highest BCUT2D eigenvalue weighted by atomic mass is 32.1. The molecule has 5 heteroatoms. The third-order valence-corrected chi connectivity index (χ3v) is 4.77. The molecule has 1 saturated carbocycles. The van der Waals surface area contributed by atoms with Gasteiger partial charge in [0, 0.05) is 10.9 Å². The summed E-state index contributed by atoms with van der Waals surface area (Å²) in [5, 5.41) is 31.1. The average molecular weight is 312 g/mol. The van der Waals surface area contributed by atoms with Crippen LogP contribution >= 0.6 is 11.3 Å². The third-order valence-electron chi connectivity index (χ3n) is 3.91. The quantitative estimate of drug-likeness (QED) is 0.634. The third kappa shape index (κ3) is 2.83. The topological polar surface area (TPSA) is 77.1 Å². The van der Waals surface area contributed by atoms with Crippen LogP contribution < -0.4 is 0 Å². The van der Waals surface area contributed by atoms with Crippen LogP contribution in [0.25, 0.3) is 16.8 Å². The number of hydrogen-bond acceptors (Lipinski definition) is 5. The van der Waals surface area contributed by atoms with Crippen molar-refractivity contribution in [3.05, 3.63) is 34.2 Å². The summed E-state index contributed by atoms with van der Waals surface area (Å²) in [4.78, 5) is 4.54. The summed E-state index contributed by atoms with van der Waals surface area (Å²) < 4.78 is 0. The average Bonchev–Trinajstić information content (AvgIpc) is 3.01. The zero-order valence-electron chi connectivity index (χ0n) is 12.0. The van der Waals surface area contributed by atoms with Crippen molar-refractivity contribution in [2.24, 2.45) is 0 Å². The van der Waals surface area contributed by atoms with Gasteiger partial charge in [-0.25, -0.2) is 4.98 Å². The van der Waals surface area contributed by atoms with E-state index in [4.69, 9.17) is 0 Å². The molecule has 112 valence electrons. The lowest BCUT2D eigenvalue weighted by Gasteiger charge is -2.14. The normalized spacial score (nSPS) is 14.6. The van der Waals surface area contributed by atoms with Crippen LogP contribution in [0.15, 0.2) is 29.2 Å². The molecule has 2 N–H and O–H groups in total. The van der Waals surface area contributed by atoms with E-state index in [2.05, 4.69) is 11.1 Å². The fourth-order valence-electron chi connectivity index (χ4n) is 2.71. The highest BCUT2D eigenvalue weighted by Crippen LogP contribution is 2.35. The smallest absolute Gasteiger partial charge is 0.158 e. The summed E-state index contributed by atoms with van der Waals surface area (Å²) in [5.41, 5.74) is 3.35. The van der Waals surface area contributed by atoms with Crippen LogP contribution in [-0.2, 0) is 0 Å². The zero-order chi connectivity index (χ0) is 15.5. The number of phenols is 2. The number of thiazole rings is 1. The van der Waals surface area contributed by atoms with Gasteiger partial charge in [-0.3, -0.25) is 0 Å². The molecule has 0 unspecified atom stereocenters. The van der Waals surface area contributed by atoms with Crippen LogP contribution in [0.4, 0.5) is 0 Å². The summed E-state index contributed by atoms with van der Waals surface area (Å²) in [6.45, 7) is 0. The van der Waals surface area contributed by atoms with Gasteiger partial charge in [0.15, 0.2) is 11.5 Å². The summed E-state index contributed by atoms with van der Waals surface area (Å²) in [5.74, 6) is -0.320. The predicted molar refractivity (Wildman–Crippen MR) is 86.5 cm³/mol. The van der Waals surface area contributed by atoms with E-state index in [9.17, 15) is 15.5 Å². The molecule has 0 aliphatic heterocycles. The molecule has 0 amide bonds. The van der Waals surface area contributed by atoms with Gasteiger partial charge in [0.1, 0.15) is 11.1 Å². The first-order valence-corrected chi connectivity index (χ1v) is 8.17. The number of aromatic nitrogens is 1. The van der Waals surface area contributed by atoms with E-state index < -0.39 is 0 Å². The number of benzene rings is 1. The Morgan fingerprint density at radius 3 is 2.59 bits per heavy atom. The molecule has 1 aliphatic rings. The largest absolute Gasteiger partial charge is 0.504 e. The minimum Gasteiger partial charge on any atom is -0.504 e. The lowest BCUT2D eigenvalue weighted by molar-refractivity contribution is 0.404. The van der Waals surface area contributed by atoms with Gasteiger partial charge in [0.25, 0.3) is 0 Å². The molecular weight excluding hydrogens is 296 g/mol. The number of hydrogen-bond donors (Lipinski definition) is 2. The molecule has 0 atom stereocenters. The first kappa shape index (κ1) is 14.6. The van der Waals surface area contributed by atoms with Crippen LogP contribution in [0, 0.1) is 11.3 Å². The highest BCUT2D eigenvalue weighted by molar-refractivity contribution is 7.11. The van der Waals surface area contributed by atoms with Crippen molar-refractivity contribution < 1.29 is 10.2 Å². The molecule has 3 rings (SSSR count). The minimum absolute atomic E-state index is 0.152.